The number of hydrogen-bond acceptors (Lipinski definition) is 4. The van der Waals surface area contributed by atoms with Gasteiger partial charge in [0.1, 0.15) is 0 Å². The summed E-state index contributed by atoms with van der Waals surface area (Å²) in [6, 6.07) is 7.46. The largest absolute Gasteiger partial charge is 0.376 e. The highest BCUT2D eigenvalue weighted by atomic mass is 16.5. The Morgan fingerprint density at radius 1 is 1.47 bits per heavy atom. The summed E-state index contributed by atoms with van der Waals surface area (Å²) in [6.45, 7) is 2.86. The zero-order chi connectivity index (χ0) is 13.2. The molecule has 0 radical (unpaired) electrons. The van der Waals surface area contributed by atoms with Crippen LogP contribution in [0.25, 0.3) is 10.9 Å². The van der Waals surface area contributed by atoms with Crippen molar-refractivity contribution in [1.82, 2.24) is 9.97 Å². The summed E-state index contributed by atoms with van der Waals surface area (Å²) in [5.41, 5.74) is 0.584. The molecule has 5 heteroatoms. The van der Waals surface area contributed by atoms with Gasteiger partial charge in [-0.05, 0) is 31.9 Å². The molecule has 0 spiro atoms. The van der Waals surface area contributed by atoms with E-state index in [1.54, 1.807) is 6.07 Å². The Labute approximate surface area is 111 Å². The molecule has 3 rings (SSSR count). The third kappa shape index (κ3) is 2.46. The predicted octanol–water partition coefficient (Wildman–Crippen LogP) is 1.90. The number of fused-ring (bicyclic) bond motifs is 1. The summed E-state index contributed by atoms with van der Waals surface area (Å²) >= 11 is 0. The second kappa shape index (κ2) is 5.01. The third-order valence-corrected chi connectivity index (χ3v) is 3.50. The standard InChI is InChI=1S/C14H17N3O2/c1-9(12-7-4-8-19-12)15-14-16-11-6-3-2-5-10(11)13(18)17-14/h2-3,5-6,9,12H,4,7-8H2,1H3,(H2,15,16,17,18)/t9-,12+/m1/s1. The van der Waals surface area contributed by atoms with Crippen molar-refractivity contribution in [3.05, 3.63) is 34.6 Å². The van der Waals surface area contributed by atoms with Crippen molar-refractivity contribution in [3.63, 3.8) is 0 Å². The second-order valence-electron chi connectivity index (χ2n) is 4.92. The van der Waals surface area contributed by atoms with Crippen LogP contribution in [0.1, 0.15) is 19.8 Å². The maximum absolute atomic E-state index is 11.9. The highest BCUT2D eigenvalue weighted by Crippen LogP contribution is 2.18. The Morgan fingerprint density at radius 3 is 3.11 bits per heavy atom. The summed E-state index contributed by atoms with van der Waals surface area (Å²) in [4.78, 5) is 19.1. The molecule has 5 nitrogen and oxygen atoms in total. The average molecular weight is 259 g/mol. The summed E-state index contributed by atoms with van der Waals surface area (Å²) in [7, 11) is 0. The first-order valence-corrected chi connectivity index (χ1v) is 6.61. The highest BCUT2D eigenvalue weighted by molar-refractivity contribution is 5.78. The SMILES string of the molecule is C[C@@H](Nc1nc2ccccc2c(=O)[nH]1)[C@@H]1CCCO1. The minimum atomic E-state index is -0.118. The molecule has 1 saturated heterocycles. The van der Waals surface area contributed by atoms with Gasteiger partial charge in [-0.25, -0.2) is 4.98 Å². The van der Waals surface area contributed by atoms with Gasteiger partial charge >= 0.3 is 0 Å². The lowest BCUT2D eigenvalue weighted by Crippen LogP contribution is -2.31. The number of nitrogens with one attached hydrogen (secondary N) is 2. The Kier molecular flexibility index (Phi) is 3.21. The van der Waals surface area contributed by atoms with Crippen molar-refractivity contribution < 1.29 is 4.74 Å². The quantitative estimate of drug-likeness (QED) is 0.883. The van der Waals surface area contributed by atoms with Gasteiger partial charge in [-0.15, -0.1) is 0 Å². The van der Waals surface area contributed by atoms with Gasteiger partial charge in [-0.2, -0.15) is 0 Å². The number of H-pyrrole nitrogens is 1. The zero-order valence-electron chi connectivity index (χ0n) is 10.8. The molecule has 2 aromatic rings. The Bertz CT molecular complexity index is 632. The van der Waals surface area contributed by atoms with Crippen LogP contribution in [0.15, 0.2) is 29.1 Å². The fraction of sp³-hybridized carbons (Fsp3) is 0.429. The van der Waals surface area contributed by atoms with E-state index < -0.39 is 0 Å². The predicted molar refractivity (Wildman–Crippen MR) is 74.4 cm³/mol. The van der Waals surface area contributed by atoms with Crippen LogP contribution in [-0.2, 0) is 4.74 Å². The lowest BCUT2D eigenvalue weighted by Gasteiger charge is -2.20. The van der Waals surface area contributed by atoms with Gasteiger partial charge in [0.2, 0.25) is 5.95 Å². The molecule has 100 valence electrons. The van der Waals surface area contributed by atoms with Gasteiger partial charge in [0.05, 0.1) is 23.0 Å². The fourth-order valence-corrected chi connectivity index (χ4v) is 2.46. The van der Waals surface area contributed by atoms with Crippen LogP contribution >= 0.6 is 0 Å². The maximum atomic E-state index is 11.9. The molecule has 2 heterocycles. The van der Waals surface area contributed by atoms with E-state index in [0.717, 1.165) is 19.4 Å². The second-order valence-corrected chi connectivity index (χ2v) is 4.92. The smallest absolute Gasteiger partial charge is 0.260 e. The van der Waals surface area contributed by atoms with Crippen molar-refractivity contribution in [2.45, 2.75) is 31.9 Å². The minimum absolute atomic E-state index is 0.118. The third-order valence-electron chi connectivity index (χ3n) is 3.50. The molecule has 0 saturated carbocycles. The van der Waals surface area contributed by atoms with Crippen LogP contribution in [0.5, 0.6) is 0 Å². The number of para-hydroxylation sites is 1. The Hall–Kier alpha value is -1.88. The maximum Gasteiger partial charge on any atom is 0.260 e. The van der Waals surface area contributed by atoms with Crippen LogP contribution in [0.2, 0.25) is 0 Å². The van der Waals surface area contributed by atoms with Gasteiger partial charge in [-0.3, -0.25) is 9.78 Å². The molecule has 19 heavy (non-hydrogen) atoms. The summed E-state index contributed by atoms with van der Waals surface area (Å²) in [6.07, 6.45) is 2.33. The van der Waals surface area contributed by atoms with Crippen molar-refractivity contribution in [2.75, 3.05) is 11.9 Å². The first kappa shape index (κ1) is 12.2. The molecule has 1 aromatic carbocycles. The number of aromatic nitrogens is 2. The fourth-order valence-electron chi connectivity index (χ4n) is 2.46. The summed E-state index contributed by atoms with van der Waals surface area (Å²) in [5.74, 6) is 0.506. The lowest BCUT2D eigenvalue weighted by atomic mass is 10.1. The lowest BCUT2D eigenvalue weighted by molar-refractivity contribution is 0.0994. The van der Waals surface area contributed by atoms with E-state index in [1.807, 2.05) is 25.1 Å². The molecule has 1 fully saturated rings. The Morgan fingerprint density at radius 2 is 2.32 bits per heavy atom. The number of aromatic amines is 1. The highest BCUT2D eigenvalue weighted by Gasteiger charge is 2.22. The van der Waals surface area contributed by atoms with E-state index in [-0.39, 0.29) is 17.7 Å². The number of hydrogen-bond donors (Lipinski definition) is 2. The summed E-state index contributed by atoms with van der Waals surface area (Å²) in [5, 5.41) is 3.83. The van der Waals surface area contributed by atoms with Crippen LogP contribution < -0.4 is 10.9 Å². The number of anilines is 1. The molecule has 0 bridgehead atoms. The van der Waals surface area contributed by atoms with E-state index in [4.69, 9.17) is 4.74 Å². The van der Waals surface area contributed by atoms with Gasteiger partial charge in [0.15, 0.2) is 0 Å². The summed E-state index contributed by atoms with van der Waals surface area (Å²) < 4.78 is 5.62. The molecule has 1 aliphatic heterocycles. The first-order chi connectivity index (χ1) is 9.24. The number of benzene rings is 1. The Balaban J connectivity index is 1.86. The van der Waals surface area contributed by atoms with E-state index in [2.05, 4.69) is 15.3 Å². The number of ether oxygens (including phenoxy) is 1. The zero-order valence-corrected chi connectivity index (χ0v) is 10.8. The average Bonchev–Trinajstić information content (AvgIpc) is 2.93. The van der Waals surface area contributed by atoms with Crippen LogP contribution in [0.4, 0.5) is 5.95 Å². The molecule has 2 atom stereocenters. The van der Waals surface area contributed by atoms with Gasteiger partial charge < -0.3 is 10.1 Å². The van der Waals surface area contributed by atoms with Gasteiger partial charge in [0, 0.05) is 6.61 Å². The molecule has 1 aliphatic rings. The topological polar surface area (TPSA) is 67.0 Å². The van der Waals surface area contributed by atoms with E-state index in [1.165, 1.54) is 0 Å². The van der Waals surface area contributed by atoms with E-state index in [0.29, 0.717) is 16.9 Å². The van der Waals surface area contributed by atoms with Crippen molar-refractivity contribution in [2.24, 2.45) is 0 Å². The number of rotatable bonds is 3. The monoisotopic (exact) mass is 259 g/mol. The van der Waals surface area contributed by atoms with E-state index >= 15 is 0 Å². The van der Waals surface area contributed by atoms with Crippen LogP contribution in [0.3, 0.4) is 0 Å². The van der Waals surface area contributed by atoms with Crippen molar-refractivity contribution in [1.29, 1.82) is 0 Å². The molecule has 1 aromatic heterocycles. The van der Waals surface area contributed by atoms with Gasteiger partial charge in [-0.1, -0.05) is 12.1 Å². The minimum Gasteiger partial charge on any atom is -0.376 e. The van der Waals surface area contributed by atoms with Gasteiger partial charge in [0.25, 0.3) is 5.56 Å². The molecule has 0 aliphatic carbocycles. The molecular formula is C14H17N3O2. The van der Waals surface area contributed by atoms with Crippen molar-refractivity contribution in [3.8, 4) is 0 Å². The molecule has 2 N–H and O–H groups in total. The van der Waals surface area contributed by atoms with E-state index in [9.17, 15) is 4.79 Å². The normalized spacial score (nSPS) is 20.6. The van der Waals surface area contributed by atoms with Crippen molar-refractivity contribution >= 4 is 16.9 Å². The van der Waals surface area contributed by atoms with Crippen LogP contribution in [0, 0.1) is 0 Å². The molecular weight excluding hydrogens is 242 g/mol. The first-order valence-electron chi connectivity index (χ1n) is 6.61. The van der Waals surface area contributed by atoms with Crippen LogP contribution in [-0.4, -0.2) is 28.7 Å². The molecule has 0 amide bonds. The molecule has 0 unspecified atom stereocenters. The number of nitrogens with zero attached hydrogens (tertiary/aromatic N) is 1.